The zero-order valence-electron chi connectivity index (χ0n) is 7.19. The highest BCUT2D eigenvalue weighted by Gasteiger charge is 2.36. The number of fused-ring (bicyclic) bond motifs is 1. The van der Waals surface area contributed by atoms with Crippen molar-refractivity contribution in [3.63, 3.8) is 0 Å². The van der Waals surface area contributed by atoms with Gasteiger partial charge in [-0.25, -0.2) is 0 Å². The van der Waals surface area contributed by atoms with Gasteiger partial charge in [-0.3, -0.25) is 10.5 Å². The van der Waals surface area contributed by atoms with E-state index in [0.717, 1.165) is 12.0 Å². The van der Waals surface area contributed by atoms with Crippen molar-refractivity contribution in [2.45, 2.75) is 18.6 Å². The SMILES string of the molecule is NC1(OC=O)CCc2ccccc21. The average molecular weight is 177 g/mol. The molecule has 13 heavy (non-hydrogen) atoms. The number of carbonyl (C=O) groups is 1. The van der Waals surface area contributed by atoms with Crippen molar-refractivity contribution < 1.29 is 9.53 Å². The standard InChI is InChI=1S/C10H11NO2/c11-10(13-7-12)6-5-8-3-1-2-4-9(8)10/h1-4,7H,5-6,11H2. The van der Waals surface area contributed by atoms with E-state index in [0.29, 0.717) is 12.9 Å². The molecule has 1 aromatic carbocycles. The Morgan fingerprint density at radius 2 is 2.23 bits per heavy atom. The zero-order chi connectivity index (χ0) is 9.31. The van der Waals surface area contributed by atoms with Crippen LogP contribution in [0, 0.1) is 0 Å². The van der Waals surface area contributed by atoms with E-state index in [1.54, 1.807) is 0 Å². The first kappa shape index (κ1) is 8.26. The summed E-state index contributed by atoms with van der Waals surface area (Å²) in [6.07, 6.45) is 1.55. The van der Waals surface area contributed by atoms with Gasteiger partial charge in [0.15, 0.2) is 5.72 Å². The Balaban J connectivity index is 2.42. The first-order chi connectivity index (χ1) is 6.26. The van der Waals surface area contributed by atoms with Gasteiger partial charge in [0.05, 0.1) is 0 Å². The Morgan fingerprint density at radius 1 is 1.46 bits per heavy atom. The van der Waals surface area contributed by atoms with Crippen molar-refractivity contribution >= 4 is 6.47 Å². The molecule has 68 valence electrons. The molecule has 1 aliphatic carbocycles. The van der Waals surface area contributed by atoms with Crippen LogP contribution < -0.4 is 5.73 Å². The summed E-state index contributed by atoms with van der Waals surface area (Å²) in [5.41, 5.74) is 7.14. The molecule has 0 bridgehead atoms. The second kappa shape index (κ2) is 2.85. The van der Waals surface area contributed by atoms with E-state index in [9.17, 15) is 4.79 Å². The maximum atomic E-state index is 10.3. The van der Waals surface area contributed by atoms with Gasteiger partial charge in [0.1, 0.15) is 0 Å². The van der Waals surface area contributed by atoms with Crippen molar-refractivity contribution in [3.05, 3.63) is 35.4 Å². The van der Waals surface area contributed by atoms with Gasteiger partial charge >= 0.3 is 0 Å². The molecule has 2 N–H and O–H groups in total. The molecule has 0 aliphatic heterocycles. The van der Waals surface area contributed by atoms with Crippen LogP contribution in [0.4, 0.5) is 0 Å². The molecular weight excluding hydrogens is 166 g/mol. The third-order valence-electron chi connectivity index (χ3n) is 2.50. The molecule has 0 fully saturated rings. The topological polar surface area (TPSA) is 52.3 Å². The predicted molar refractivity (Wildman–Crippen MR) is 47.8 cm³/mol. The van der Waals surface area contributed by atoms with Crippen LogP contribution in [0.1, 0.15) is 17.5 Å². The number of hydrogen-bond donors (Lipinski definition) is 1. The Hall–Kier alpha value is -1.35. The highest BCUT2D eigenvalue weighted by atomic mass is 16.5. The third kappa shape index (κ3) is 1.21. The number of rotatable bonds is 2. The number of carbonyl (C=O) groups excluding carboxylic acids is 1. The molecule has 3 heteroatoms. The van der Waals surface area contributed by atoms with Crippen molar-refractivity contribution in [2.24, 2.45) is 5.73 Å². The summed E-state index contributed by atoms with van der Waals surface area (Å²) in [6, 6.07) is 7.79. The van der Waals surface area contributed by atoms with Crippen molar-refractivity contribution in [2.75, 3.05) is 0 Å². The van der Waals surface area contributed by atoms with Gasteiger partial charge in [0, 0.05) is 12.0 Å². The van der Waals surface area contributed by atoms with Crippen LogP contribution in [0.2, 0.25) is 0 Å². The van der Waals surface area contributed by atoms with Crippen molar-refractivity contribution in [3.8, 4) is 0 Å². The van der Waals surface area contributed by atoms with Crippen LogP contribution >= 0.6 is 0 Å². The van der Waals surface area contributed by atoms with E-state index < -0.39 is 5.72 Å². The number of benzene rings is 1. The summed E-state index contributed by atoms with van der Waals surface area (Å²) in [5.74, 6) is 0. The highest BCUT2D eigenvalue weighted by Crippen LogP contribution is 2.34. The Bertz CT molecular complexity index is 337. The highest BCUT2D eigenvalue weighted by molar-refractivity contribution is 5.43. The maximum Gasteiger partial charge on any atom is 0.295 e. The Morgan fingerprint density at radius 3 is 3.00 bits per heavy atom. The van der Waals surface area contributed by atoms with Crippen LogP contribution in [0.5, 0.6) is 0 Å². The molecule has 0 saturated heterocycles. The largest absolute Gasteiger partial charge is 0.442 e. The molecule has 0 aromatic heterocycles. The molecule has 1 unspecified atom stereocenters. The van der Waals surface area contributed by atoms with E-state index >= 15 is 0 Å². The van der Waals surface area contributed by atoms with Crippen LogP contribution in [0.25, 0.3) is 0 Å². The van der Waals surface area contributed by atoms with Gasteiger partial charge in [-0.1, -0.05) is 24.3 Å². The molecule has 1 aromatic rings. The van der Waals surface area contributed by atoms with Gasteiger partial charge < -0.3 is 4.74 Å². The van der Waals surface area contributed by atoms with Crippen LogP contribution in [0.15, 0.2) is 24.3 Å². The average Bonchev–Trinajstić information content (AvgIpc) is 2.46. The van der Waals surface area contributed by atoms with Crippen LogP contribution in [-0.2, 0) is 21.7 Å². The minimum Gasteiger partial charge on any atom is -0.442 e. The van der Waals surface area contributed by atoms with Crippen LogP contribution in [-0.4, -0.2) is 6.47 Å². The number of hydrogen-bond acceptors (Lipinski definition) is 3. The van der Waals surface area contributed by atoms with E-state index in [4.69, 9.17) is 10.5 Å². The summed E-state index contributed by atoms with van der Waals surface area (Å²) in [6.45, 7) is 0.419. The third-order valence-corrected chi connectivity index (χ3v) is 2.50. The normalized spacial score (nSPS) is 25.3. The fourth-order valence-corrected chi connectivity index (χ4v) is 1.81. The quantitative estimate of drug-likeness (QED) is 0.539. The molecule has 0 radical (unpaired) electrons. The lowest BCUT2D eigenvalue weighted by atomic mass is 10.1. The van der Waals surface area contributed by atoms with Crippen molar-refractivity contribution in [1.82, 2.24) is 0 Å². The lowest BCUT2D eigenvalue weighted by molar-refractivity contribution is -0.144. The van der Waals surface area contributed by atoms with Gasteiger partial charge in [0.25, 0.3) is 6.47 Å². The van der Waals surface area contributed by atoms with E-state index in [1.807, 2.05) is 24.3 Å². The van der Waals surface area contributed by atoms with Gasteiger partial charge in [-0.15, -0.1) is 0 Å². The molecule has 3 nitrogen and oxygen atoms in total. The molecular formula is C10H11NO2. The predicted octanol–water partition coefficient (Wildman–Crippen LogP) is 0.917. The molecule has 0 saturated carbocycles. The van der Waals surface area contributed by atoms with Gasteiger partial charge in [-0.05, 0) is 12.0 Å². The lowest BCUT2D eigenvalue weighted by Crippen LogP contribution is -2.36. The van der Waals surface area contributed by atoms with E-state index in [2.05, 4.69) is 0 Å². The maximum absolute atomic E-state index is 10.3. The molecule has 2 rings (SSSR count). The minimum atomic E-state index is -0.891. The fraction of sp³-hybridized carbons (Fsp3) is 0.300. The van der Waals surface area contributed by atoms with Gasteiger partial charge in [-0.2, -0.15) is 0 Å². The first-order valence-electron chi connectivity index (χ1n) is 4.25. The summed E-state index contributed by atoms with van der Waals surface area (Å²) in [4.78, 5) is 10.3. The minimum absolute atomic E-state index is 0.419. The first-order valence-corrected chi connectivity index (χ1v) is 4.25. The fourth-order valence-electron chi connectivity index (χ4n) is 1.81. The monoisotopic (exact) mass is 177 g/mol. The summed E-state index contributed by atoms with van der Waals surface area (Å²) >= 11 is 0. The molecule has 1 atom stereocenters. The molecule has 1 aliphatic rings. The number of nitrogens with two attached hydrogens (primary N) is 1. The van der Waals surface area contributed by atoms with Crippen LogP contribution in [0.3, 0.4) is 0 Å². The second-order valence-corrected chi connectivity index (χ2v) is 3.26. The molecule has 0 amide bonds. The lowest BCUT2D eigenvalue weighted by Gasteiger charge is -2.22. The van der Waals surface area contributed by atoms with Crippen molar-refractivity contribution in [1.29, 1.82) is 0 Å². The Kier molecular flexibility index (Phi) is 1.81. The number of ether oxygens (including phenoxy) is 1. The smallest absolute Gasteiger partial charge is 0.295 e. The molecule has 0 spiro atoms. The van der Waals surface area contributed by atoms with Gasteiger partial charge in [0.2, 0.25) is 0 Å². The second-order valence-electron chi connectivity index (χ2n) is 3.26. The summed E-state index contributed by atoms with van der Waals surface area (Å²) in [5, 5.41) is 0. The Labute approximate surface area is 76.5 Å². The van der Waals surface area contributed by atoms with E-state index in [1.165, 1.54) is 5.56 Å². The number of aryl methyl sites for hydroxylation is 1. The zero-order valence-corrected chi connectivity index (χ0v) is 7.19. The summed E-state index contributed by atoms with van der Waals surface area (Å²) < 4.78 is 4.91. The summed E-state index contributed by atoms with van der Waals surface area (Å²) in [7, 11) is 0. The molecule has 0 heterocycles. The van der Waals surface area contributed by atoms with E-state index in [-0.39, 0.29) is 0 Å².